The fourth-order valence-corrected chi connectivity index (χ4v) is 2.58. The summed E-state index contributed by atoms with van der Waals surface area (Å²) in [5, 5.41) is 0. The molecule has 0 fully saturated rings. The molecule has 0 bridgehead atoms. The molecule has 4 nitrogen and oxygen atoms in total. The Hall–Kier alpha value is -2.62. The van der Waals surface area contributed by atoms with E-state index in [4.69, 9.17) is 4.74 Å². The molecular formula is C21H25NO3. The monoisotopic (exact) mass is 339 g/mol. The molecule has 0 N–H and O–H groups in total. The van der Waals surface area contributed by atoms with E-state index in [2.05, 4.69) is 0 Å². The van der Waals surface area contributed by atoms with Crippen LogP contribution in [0.3, 0.4) is 0 Å². The third kappa shape index (κ3) is 5.18. The standard InChI is InChI=1S/C21H25NO3/c1-15(2)22(13-18-8-6-5-7-9-18)20(23)14-25-21(24)19-12-16(3)10-11-17(19)4/h5-12,15H,13-14H2,1-4H3. The summed E-state index contributed by atoms with van der Waals surface area (Å²) in [6.45, 7) is 7.92. The summed E-state index contributed by atoms with van der Waals surface area (Å²) in [7, 11) is 0. The first-order valence-electron chi connectivity index (χ1n) is 8.46. The Morgan fingerprint density at radius 1 is 1.04 bits per heavy atom. The average molecular weight is 339 g/mol. The second-order valence-electron chi connectivity index (χ2n) is 6.50. The van der Waals surface area contributed by atoms with Crippen LogP contribution in [-0.4, -0.2) is 29.4 Å². The van der Waals surface area contributed by atoms with Crippen molar-refractivity contribution >= 4 is 11.9 Å². The first-order valence-corrected chi connectivity index (χ1v) is 8.46. The van der Waals surface area contributed by atoms with Gasteiger partial charge in [-0.15, -0.1) is 0 Å². The van der Waals surface area contributed by atoms with Gasteiger partial charge in [0, 0.05) is 12.6 Å². The van der Waals surface area contributed by atoms with Crippen molar-refractivity contribution in [3.8, 4) is 0 Å². The lowest BCUT2D eigenvalue weighted by Gasteiger charge is -2.26. The molecule has 0 spiro atoms. The number of hydrogen-bond donors (Lipinski definition) is 0. The molecule has 4 heteroatoms. The van der Waals surface area contributed by atoms with Gasteiger partial charge in [-0.25, -0.2) is 4.79 Å². The first-order chi connectivity index (χ1) is 11.9. The van der Waals surface area contributed by atoms with Crippen LogP contribution in [-0.2, 0) is 16.1 Å². The van der Waals surface area contributed by atoms with Gasteiger partial charge < -0.3 is 9.64 Å². The van der Waals surface area contributed by atoms with Crippen LogP contribution < -0.4 is 0 Å². The molecule has 2 rings (SSSR count). The van der Waals surface area contributed by atoms with Crippen LogP contribution in [0.2, 0.25) is 0 Å². The van der Waals surface area contributed by atoms with Gasteiger partial charge in [0.1, 0.15) is 0 Å². The Balaban J connectivity index is 2.01. The number of ether oxygens (including phenoxy) is 1. The second kappa shape index (κ2) is 8.47. The normalized spacial score (nSPS) is 10.6. The van der Waals surface area contributed by atoms with Crippen molar-refractivity contribution in [2.75, 3.05) is 6.61 Å². The van der Waals surface area contributed by atoms with E-state index in [1.165, 1.54) is 0 Å². The predicted octanol–water partition coefficient (Wildman–Crippen LogP) is 3.90. The van der Waals surface area contributed by atoms with Crippen LogP contribution in [0.1, 0.15) is 40.9 Å². The van der Waals surface area contributed by atoms with Crippen molar-refractivity contribution < 1.29 is 14.3 Å². The van der Waals surface area contributed by atoms with Gasteiger partial charge in [0.25, 0.3) is 5.91 Å². The number of esters is 1. The number of nitrogens with zero attached hydrogens (tertiary/aromatic N) is 1. The minimum absolute atomic E-state index is 0.0205. The molecule has 132 valence electrons. The summed E-state index contributed by atoms with van der Waals surface area (Å²) in [4.78, 5) is 26.5. The highest BCUT2D eigenvalue weighted by atomic mass is 16.5. The van der Waals surface area contributed by atoms with Gasteiger partial charge in [-0.3, -0.25) is 4.79 Å². The van der Waals surface area contributed by atoms with Crippen molar-refractivity contribution in [2.24, 2.45) is 0 Å². The maximum absolute atomic E-state index is 12.5. The minimum atomic E-state index is -0.460. The number of carbonyl (C=O) groups is 2. The average Bonchev–Trinajstić information content (AvgIpc) is 2.60. The van der Waals surface area contributed by atoms with E-state index in [1.807, 2.05) is 70.2 Å². The number of hydrogen-bond acceptors (Lipinski definition) is 3. The number of carbonyl (C=O) groups excluding carboxylic acids is 2. The van der Waals surface area contributed by atoms with Gasteiger partial charge in [0.05, 0.1) is 5.56 Å². The highest BCUT2D eigenvalue weighted by molar-refractivity contribution is 5.92. The highest BCUT2D eigenvalue weighted by Gasteiger charge is 2.20. The molecule has 0 aliphatic rings. The van der Waals surface area contributed by atoms with Crippen molar-refractivity contribution in [1.29, 1.82) is 0 Å². The molecule has 0 radical (unpaired) electrons. The summed E-state index contributed by atoms with van der Waals surface area (Å²) in [5.41, 5.74) is 3.38. The third-order valence-corrected chi connectivity index (χ3v) is 4.08. The maximum atomic E-state index is 12.5. The van der Waals surface area contributed by atoms with E-state index in [0.717, 1.165) is 16.7 Å². The van der Waals surface area contributed by atoms with Gasteiger partial charge in [-0.1, -0.05) is 48.0 Å². The van der Waals surface area contributed by atoms with E-state index >= 15 is 0 Å². The summed E-state index contributed by atoms with van der Waals surface area (Å²) in [5.74, 6) is -0.657. The van der Waals surface area contributed by atoms with E-state index in [9.17, 15) is 9.59 Å². The molecule has 1 amide bonds. The molecular weight excluding hydrogens is 314 g/mol. The molecule has 0 atom stereocenters. The molecule has 2 aromatic carbocycles. The minimum Gasteiger partial charge on any atom is -0.452 e. The molecule has 0 saturated heterocycles. The molecule has 0 aliphatic carbocycles. The number of aryl methyl sites for hydroxylation is 2. The van der Waals surface area contributed by atoms with Gasteiger partial charge in [0.15, 0.2) is 6.61 Å². The van der Waals surface area contributed by atoms with Gasteiger partial charge in [-0.2, -0.15) is 0 Å². The van der Waals surface area contributed by atoms with Gasteiger partial charge in [-0.05, 0) is 44.9 Å². The van der Waals surface area contributed by atoms with Gasteiger partial charge >= 0.3 is 5.97 Å². The molecule has 2 aromatic rings. The lowest BCUT2D eigenvalue weighted by Crippen LogP contribution is -2.39. The third-order valence-electron chi connectivity index (χ3n) is 4.08. The predicted molar refractivity (Wildman–Crippen MR) is 98.3 cm³/mol. The van der Waals surface area contributed by atoms with E-state index < -0.39 is 5.97 Å². The van der Waals surface area contributed by atoms with Crippen molar-refractivity contribution in [3.05, 3.63) is 70.8 Å². The Kier molecular flexibility index (Phi) is 6.34. The smallest absolute Gasteiger partial charge is 0.338 e. The van der Waals surface area contributed by atoms with E-state index in [-0.39, 0.29) is 18.6 Å². The van der Waals surface area contributed by atoms with Crippen LogP contribution in [0.5, 0.6) is 0 Å². The van der Waals surface area contributed by atoms with Gasteiger partial charge in [0.2, 0.25) is 0 Å². The van der Waals surface area contributed by atoms with Crippen LogP contribution in [0, 0.1) is 13.8 Å². The molecule has 0 heterocycles. The first kappa shape index (κ1) is 18.7. The molecule has 0 unspecified atom stereocenters. The molecule has 0 aromatic heterocycles. The summed E-state index contributed by atoms with van der Waals surface area (Å²) in [6.07, 6.45) is 0. The van der Waals surface area contributed by atoms with Crippen LogP contribution >= 0.6 is 0 Å². The quantitative estimate of drug-likeness (QED) is 0.750. The van der Waals surface area contributed by atoms with E-state index in [0.29, 0.717) is 12.1 Å². The zero-order valence-electron chi connectivity index (χ0n) is 15.3. The number of amides is 1. The maximum Gasteiger partial charge on any atom is 0.338 e. The SMILES string of the molecule is Cc1ccc(C)c(C(=O)OCC(=O)N(Cc2ccccc2)C(C)C)c1. The fraction of sp³-hybridized carbons (Fsp3) is 0.333. The topological polar surface area (TPSA) is 46.6 Å². The van der Waals surface area contributed by atoms with Crippen molar-refractivity contribution in [1.82, 2.24) is 4.90 Å². The van der Waals surface area contributed by atoms with Crippen LogP contribution in [0.25, 0.3) is 0 Å². The number of benzene rings is 2. The van der Waals surface area contributed by atoms with Crippen LogP contribution in [0.4, 0.5) is 0 Å². The van der Waals surface area contributed by atoms with Crippen molar-refractivity contribution in [3.63, 3.8) is 0 Å². The molecule has 0 aliphatic heterocycles. The lowest BCUT2D eigenvalue weighted by atomic mass is 10.1. The zero-order chi connectivity index (χ0) is 18.4. The largest absolute Gasteiger partial charge is 0.452 e. The summed E-state index contributed by atoms with van der Waals surface area (Å²) >= 11 is 0. The highest BCUT2D eigenvalue weighted by Crippen LogP contribution is 2.13. The van der Waals surface area contributed by atoms with E-state index in [1.54, 1.807) is 11.0 Å². The summed E-state index contributed by atoms with van der Waals surface area (Å²) < 4.78 is 5.26. The Morgan fingerprint density at radius 2 is 1.72 bits per heavy atom. The fourth-order valence-electron chi connectivity index (χ4n) is 2.58. The Labute approximate surface area is 149 Å². The lowest BCUT2D eigenvalue weighted by molar-refractivity contribution is -0.136. The van der Waals surface area contributed by atoms with Crippen molar-refractivity contribution in [2.45, 2.75) is 40.3 Å². The second-order valence-corrected chi connectivity index (χ2v) is 6.50. The zero-order valence-corrected chi connectivity index (χ0v) is 15.3. The summed E-state index contributed by atoms with van der Waals surface area (Å²) in [6, 6.07) is 15.4. The Morgan fingerprint density at radius 3 is 2.36 bits per heavy atom. The van der Waals surface area contributed by atoms with Crippen LogP contribution in [0.15, 0.2) is 48.5 Å². The molecule has 0 saturated carbocycles. The molecule has 25 heavy (non-hydrogen) atoms. The Bertz CT molecular complexity index is 738. The number of rotatable bonds is 6.